The van der Waals surface area contributed by atoms with Crippen LogP contribution >= 0.6 is 0 Å². The van der Waals surface area contributed by atoms with E-state index in [1.165, 1.54) is 57.8 Å². The zero-order valence-electron chi connectivity index (χ0n) is 10.5. The van der Waals surface area contributed by atoms with Crippen LogP contribution in [0.15, 0.2) is 0 Å². The molecule has 0 radical (unpaired) electrons. The smallest absolute Gasteiger partial charge is 0.0591 e. The molecule has 0 aromatic rings. The molecule has 94 valence electrons. The summed E-state index contributed by atoms with van der Waals surface area (Å²) in [6.45, 7) is 0.778. The lowest BCUT2D eigenvalue weighted by molar-refractivity contribution is 0.0331. The molecule has 1 heterocycles. The Labute approximate surface area is 99.9 Å². The summed E-state index contributed by atoms with van der Waals surface area (Å²) in [6, 6.07) is 0. The van der Waals surface area contributed by atoms with Crippen LogP contribution in [0.3, 0.4) is 0 Å². The second kappa shape index (κ2) is 6.61. The Morgan fingerprint density at radius 1 is 0.812 bits per heavy atom. The van der Waals surface area contributed by atoms with Crippen LogP contribution in [0, 0.1) is 5.92 Å². The second-order valence-electron chi connectivity index (χ2n) is 5.62. The number of hydrogen-bond donors (Lipinski definition) is 1. The van der Waals surface area contributed by atoms with Crippen LogP contribution in [0.4, 0.5) is 0 Å². The molecular formula is C14H27NO. The van der Waals surface area contributed by atoms with E-state index in [9.17, 15) is 0 Å². The van der Waals surface area contributed by atoms with E-state index in [1.54, 1.807) is 0 Å². The highest BCUT2D eigenvalue weighted by Gasteiger charge is 2.25. The average Bonchev–Trinajstić information content (AvgIpc) is 2.76. The fraction of sp³-hybridized carbons (Fsp3) is 1.00. The first kappa shape index (κ1) is 12.4. The van der Waals surface area contributed by atoms with E-state index in [2.05, 4.69) is 0 Å². The molecule has 0 spiro atoms. The summed E-state index contributed by atoms with van der Waals surface area (Å²) in [5.41, 5.74) is 5.56. The summed E-state index contributed by atoms with van der Waals surface area (Å²) in [6.07, 6.45) is 14.6. The summed E-state index contributed by atoms with van der Waals surface area (Å²) in [7, 11) is 0. The molecule has 2 atom stereocenters. The van der Waals surface area contributed by atoms with Crippen LogP contribution in [-0.2, 0) is 4.74 Å². The molecule has 0 amide bonds. The molecule has 0 aromatic carbocycles. The van der Waals surface area contributed by atoms with E-state index in [-0.39, 0.29) is 0 Å². The van der Waals surface area contributed by atoms with Gasteiger partial charge in [0.2, 0.25) is 0 Å². The van der Waals surface area contributed by atoms with Gasteiger partial charge in [0, 0.05) is 0 Å². The van der Waals surface area contributed by atoms with Gasteiger partial charge in [-0.2, -0.15) is 0 Å². The van der Waals surface area contributed by atoms with Gasteiger partial charge >= 0.3 is 0 Å². The average molecular weight is 225 g/mol. The lowest BCUT2D eigenvalue weighted by Gasteiger charge is -2.22. The molecule has 1 aliphatic heterocycles. The van der Waals surface area contributed by atoms with Crippen molar-refractivity contribution in [3.8, 4) is 0 Å². The van der Waals surface area contributed by atoms with E-state index in [1.807, 2.05) is 0 Å². The first-order chi connectivity index (χ1) is 7.88. The third-order valence-corrected chi connectivity index (χ3v) is 4.31. The number of ether oxygens (including phenoxy) is 1. The Morgan fingerprint density at radius 2 is 1.50 bits per heavy atom. The van der Waals surface area contributed by atoms with Crippen molar-refractivity contribution < 1.29 is 4.74 Å². The minimum atomic E-state index is 0.473. The van der Waals surface area contributed by atoms with Gasteiger partial charge in [-0.1, -0.05) is 32.1 Å². The van der Waals surface area contributed by atoms with E-state index < -0.39 is 0 Å². The van der Waals surface area contributed by atoms with Crippen molar-refractivity contribution in [2.45, 2.75) is 76.4 Å². The molecule has 0 aromatic heterocycles. The summed E-state index contributed by atoms with van der Waals surface area (Å²) in [4.78, 5) is 0. The van der Waals surface area contributed by atoms with Gasteiger partial charge in [-0.15, -0.1) is 0 Å². The fourth-order valence-electron chi connectivity index (χ4n) is 3.29. The molecule has 16 heavy (non-hydrogen) atoms. The maximum absolute atomic E-state index is 6.01. The third-order valence-electron chi connectivity index (χ3n) is 4.31. The molecular weight excluding hydrogens is 198 g/mol. The van der Waals surface area contributed by atoms with Crippen molar-refractivity contribution in [3.05, 3.63) is 0 Å². The Bertz CT molecular complexity index is 189. The lowest BCUT2D eigenvalue weighted by Crippen LogP contribution is -2.16. The van der Waals surface area contributed by atoms with Crippen molar-refractivity contribution in [3.63, 3.8) is 0 Å². The number of hydrogen-bond acceptors (Lipinski definition) is 2. The van der Waals surface area contributed by atoms with Gasteiger partial charge in [0.1, 0.15) is 0 Å². The first-order valence-corrected chi connectivity index (χ1v) is 7.24. The monoisotopic (exact) mass is 225 g/mol. The van der Waals surface area contributed by atoms with Gasteiger partial charge < -0.3 is 10.5 Å². The summed E-state index contributed by atoms with van der Waals surface area (Å²) in [5.74, 6) is 1.01. The molecule has 2 N–H and O–H groups in total. The Kier molecular flexibility index (Phi) is 5.11. The zero-order valence-corrected chi connectivity index (χ0v) is 10.5. The third kappa shape index (κ3) is 3.74. The quantitative estimate of drug-likeness (QED) is 0.779. The van der Waals surface area contributed by atoms with Crippen LogP contribution in [0.25, 0.3) is 0 Å². The zero-order chi connectivity index (χ0) is 11.2. The largest absolute Gasteiger partial charge is 0.375 e. The number of nitrogens with two attached hydrogens (primary N) is 1. The Balaban J connectivity index is 1.59. The number of rotatable bonds is 5. The highest BCUT2D eigenvalue weighted by Crippen LogP contribution is 2.31. The minimum absolute atomic E-state index is 0.473. The highest BCUT2D eigenvalue weighted by molar-refractivity contribution is 4.76. The Morgan fingerprint density at radius 3 is 2.19 bits per heavy atom. The Hall–Kier alpha value is -0.0800. The molecule has 2 heteroatoms. The van der Waals surface area contributed by atoms with Crippen molar-refractivity contribution in [2.75, 3.05) is 6.54 Å². The molecule has 2 aliphatic rings. The minimum Gasteiger partial charge on any atom is -0.375 e. The van der Waals surface area contributed by atoms with Gasteiger partial charge in [-0.25, -0.2) is 0 Å². The molecule has 2 fully saturated rings. The van der Waals surface area contributed by atoms with Gasteiger partial charge in [0.05, 0.1) is 12.2 Å². The van der Waals surface area contributed by atoms with E-state index >= 15 is 0 Å². The van der Waals surface area contributed by atoms with Crippen LogP contribution in [0.5, 0.6) is 0 Å². The van der Waals surface area contributed by atoms with Gasteiger partial charge in [0.15, 0.2) is 0 Å². The summed E-state index contributed by atoms with van der Waals surface area (Å²) < 4.78 is 6.01. The van der Waals surface area contributed by atoms with Crippen molar-refractivity contribution in [1.82, 2.24) is 0 Å². The van der Waals surface area contributed by atoms with E-state index in [0.29, 0.717) is 12.2 Å². The van der Waals surface area contributed by atoms with Crippen LogP contribution in [-0.4, -0.2) is 18.8 Å². The normalized spacial score (nSPS) is 32.1. The van der Waals surface area contributed by atoms with Gasteiger partial charge in [0.25, 0.3) is 0 Å². The maximum Gasteiger partial charge on any atom is 0.0591 e. The van der Waals surface area contributed by atoms with Crippen LogP contribution < -0.4 is 5.73 Å². The van der Waals surface area contributed by atoms with E-state index in [4.69, 9.17) is 10.5 Å². The predicted octanol–water partition coefficient (Wildman–Crippen LogP) is 3.24. The maximum atomic E-state index is 6.01. The predicted molar refractivity (Wildman–Crippen MR) is 67.4 cm³/mol. The lowest BCUT2D eigenvalue weighted by atomic mass is 9.85. The molecule has 0 bridgehead atoms. The molecule has 1 saturated carbocycles. The fourth-order valence-corrected chi connectivity index (χ4v) is 3.29. The topological polar surface area (TPSA) is 35.2 Å². The van der Waals surface area contributed by atoms with Crippen molar-refractivity contribution in [1.29, 1.82) is 0 Å². The SMILES string of the molecule is NCCC1CCC(CCC2CCCCC2)O1. The molecule has 1 saturated heterocycles. The van der Waals surface area contributed by atoms with E-state index in [0.717, 1.165) is 18.9 Å². The van der Waals surface area contributed by atoms with Crippen molar-refractivity contribution in [2.24, 2.45) is 11.7 Å². The summed E-state index contributed by atoms with van der Waals surface area (Å²) in [5, 5.41) is 0. The standard InChI is InChI=1S/C14H27NO/c15-11-10-14-9-8-13(16-14)7-6-12-4-2-1-3-5-12/h12-14H,1-11,15H2. The molecule has 2 unspecified atom stereocenters. The molecule has 2 rings (SSSR count). The second-order valence-corrected chi connectivity index (χ2v) is 5.62. The summed E-state index contributed by atoms with van der Waals surface area (Å²) >= 11 is 0. The van der Waals surface area contributed by atoms with Crippen LogP contribution in [0.1, 0.15) is 64.2 Å². The highest BCUT2D eigenvalue weighted by atomic mass is 16.5. The van der Waals surface area contributed by atoms with Crippen LogP contribution in [0.2, 0.25) is 0 Å². The molecule has 2 nitrogen and oxygen atoms in total. The molecule has 1 aliphatic carbocycles. The van der Waals surface area contributed by atoms with Gasteiger partial charge in [-0.05, 0) is 44.6 Å². The van der Waals surface area contributed by atoms with Crippen molar-refractivity contribution >= 4 is 0 Å². The van der Waals surface area contributed by atoms with Gasteiger partial charge in [-0.3, -0.25) is 0 Å². The first-order valence-electron chi connectivity index (χ1n) is 7.24.